The highest BCUT2D eigenvalue weighted by molar-refractivity contribution is 7.97. The minimum absolute atomic E-state index is 0.202. The quantitative estimate of drug-likeness (QED) is 0.674. The van der Waals surface area contributed by atoms with Gasteiger partial charge in [-0.3, -0.25) is 0 Å². The van der Waals surface area contributed by atoms with Gasteiger partial charge in [-0.25, -0.2) is 12.7 Å². The largest absolute Gasteiger partial charge is 0.358 e. The highest BCUT2D eigenvalue weighted by Gasteiger charge is 2.47. The van der Waals surface area contributed by atoms with Crippen LogP contribution in [0, 0.1) is 22.7 Å². The fourth-order valence-electron chi connectivity index (χ4n) is 3.76. The van der Waals surface area contributed by atoms with E-state index in [1.807, 2.05) is 18.2 Å². The second-order valence-corrected chi connectivity index (χ2v) is 10.2. The van der Waals surface area contributed by atoms with E-state index in [1.165, 1.54) is 28.6 Å². The van der Waals surface area contributed by atoms with Crippen molar-refractivity contribution in [3.8, 4) is 12.1 Å². The lowest BCUT2D eigenvalue weighted by Crippen LogP contribution is -2.52. The Balaban J connectivity index is 1.45. The molecule has 0 bridgehead atoms. The molecule has 0 amide bonds. The van der Waals surface area contributed by atoms with Gasteiger partial charge in [0, 0.05) is 37.4 Å². The molecule has 2 aliphatic heterocycles. The van der Waals surface area contributed by atoms with Gasteiger partial charge in [0.05, 0.1) is 34.8 Å². The summed E-state index contributed by atoms with van der Waals surface area (Å²) in [6, 6.07) is 17.5. The Morgan fingerprint density at radius 2 is 1.47 bits per heavy atom. The molecule has 0 saturated carbocycles. The van der Waals surface area contributed by atoms with Crippen molar-refractivity contribution in [2.45, 2.75) is 28.4 Å². The molecule has 2 heterocycles. The van der Waals surface area contributed by atoms with Gasteiger partial charge < -0.3 is 4.74 Å². The highest BCUT2D eigenvalue weighted by Crippen LogP contribution is 2.42. The molecule has 2 aromatic rings. The molecule has 2 aromatic carbocycles. The topological polar surface area (TPSA) is 97.4 Å². The highest BCUT2D eigenvalue weighted by atomic mass is 32.2. The zero-order valence-corrected chi connectivity index (χ0v) is 17.8. The van der Waals surface area contributed by atoms with E-state index in [0.29, 0.717) is 43.7 Å². The molecule has 4 rings (SSSR count). The third-order valence-electron chi connectivity index (χ3n) is 5.44. The summed E-state index contributed by atoms with van der Waals surface area (Å²) >= 11 is 1.59. The Bertz CT molecular complexity index is 1090. The number of piperidine rings is 1. The molecule has 0 aliphatic carbocycles. The predicted octanol–water partition coefficient (Wildman–Crippen LogP) is 2.95. The lowest BCUT2D eigenvalue weighted by molar-refractivity contribution is -0.0775. The summed E-state index contributed by atoms with van der Waals surface area (Å²) in [6.45, 7) is 2.10. The molecule has 0 radical (unpaired) electrons. The van der Waals surface area contributed by atoms with Gasteiger partial charge >= 0.3 is 0 Å². The maximum absolute atomic E-state index is 13.0. The molecule has 154 valence electrons. The molecule has 0 atom stereocenters. The monoisotopic (exact) mass is 440 g/mol. The van der Waals surface area contributed by atoms with Gasteiger partial charge in [0.15, 0.2) is 0 Å². The van der Waals surface area contributed by atoms with E-state index in [9.17, 15) is 8.42 Å². The summed E-state index contributed by atoms with van der Waals surface area (Å²) in [6.07, 6.45) is 1.15. The number of nitriles is 2. The van der Waals surface area contributed by atoms with E-state index in [-0.39, 0.29) is 4.90 Å². The van der Waals surface area contributed by atoms with Gasteiger partial charge in [-0.05, 0) is 60.5 Å². The van der Waals surface area contributed by atoms with Crippen molar-refractivity contribution in [1.29, 1.82) is 10.5 Å². The Hall–Kier alpha value is -2.40. The average Bonchev–Trinajstić information content (AvgIpc) is 3.16. The maximum Gasteiger partial charge on any atom is 0.243 e. The summed E-state index contributed by atoms with van der Waals surface area (Å²) in [5.41, 5.74) is 0.560. The number of rotatable bonds is 4. The van der Waals surface area contributed by atoms with Crippen LogP contribution in [-0.4, -0.2) is 49.0 Å². The second-order valence-electron chi connectivity index (χ2n) is 7.16. The number of hydrogen-bond donors (Lipinski definition) is 0. The van der Waals surface area contributed by atoms with Crippen molar-refractivity contribution >= 4 is 22.0 Å². The Labute approximate surface area is 180 Å². The first kappa shape index (κ1) is 20.9. The van der Waals surface area contributed by atoms with Crippen LogP contribution in [-0.2, 0) is 14.8 Å². The van der Waals surface area contributed by atoms with Gasteiger partial charge in [0.2, 0.25) is 10.0 Å². The van der Waals surface area contributed by atoms with Gasteiger partial charge in [-0.1, -0.05) is 0 Å². The van der Waals surface area contributed by atoms with E-state index < -0.39 is 15.7 Å². The zero-order valence-electron chi connectivity index (χ0n) is 16.2. The van der Waals surface area contributed by atoms with E-state index >= 15 is 0 Å². The SMILES string of the molecule is N#Cc1ccc(SN2CCOC23CCN(S(=O)(=O)c2ccc(C#N)cc2)CC3)cc1. The van der Waals surface area contributed by atoms with Crippen molar-refractivity contribution in [1.82, 2.24) is 8.61 Å². The zero-order chi connectivity index (χ0) is 21.2. The smallest absolute Gasteiger partial charge is 0.243 e. The molecule has 30 heavy (non-hydrogen) atoms. The number of benzene rings is 2. The minimum atomic E-state index is -3.60. The predicted molar refractivity (Wildman–Crippen MR) is 112 cm³/mol. The van der Waals surface area contributed by atoms with E-state index in [4.69, 9.17) is 15.3 Å². The molecule has 0 aromatic heterocycles. The van der Waals surface area contributed by atoms with Crippen LogP contribution in [0.15, 0.2) is 58.3 Å². The van der Waals surface area contributed by atoms with E-state index in [1.54, 1.807) is 24.1 Å². The Kier molecular flexibility index (Phi) is 5.83. The van der Waals surface area contributed by atoms with Crippen LogP contribution in [0.2, 0.25) is 0 Å². The molecule has 0 unspecified atom stereocenters. The number of ether oxygens (including phenoxy) is 1. The maximum atomic E-state index is 13.0. The molecule has 2 aliphatic rings. The first-order chi connectivity index (χ1) is 14.5. The third kappa shape index (κ3) is 3.95. The van der Waals surface area contributed by atoms with E-state index in [0.717, 1.165) is 11.4 Å². The van der Waals surface area contributed by atoms with Gasteiger partial charge in [-0.2, -0.15) is 14.8 Å². The number of hydrogen-bond acceptors (Lipinski definition) is 7. The average molecular weight is 441 g/mol. The lowest BCUT2D eigenvalue weighted by Gasteiger charge is -2.42. The third-order valence-corrected chi connectivity index (χ3v) is 8.58. The van der Waals surface area contributed by atoms with Crippen LogP contribution in [0.4, 0.5) is 0 Å². The van der Waals surface area contributed by atoms with Gasteiger partial charge in [0.25, 0.3) is 0 Å². The van der Waals surface area contributed by atoms with Crippen LogP contribution in [0.25, 0.3) is 0 Å². The van der Waals surface area contributed by atoms with Crippen LogP contribution < -0.4 is 0 Å². The molecular formula is C21H20N4O3S2. The summed E-state index contributed by atoms with van der Waals surface area (Å²) in [5, 5.41) is 17.9. The summed E-state index contributed by atoms with van der Waals surface area (Å²) < 4.78 is 35.8. The second kappa shape index (κ2) is 8.38. The van der Waals surface area contributed by atoms with Gasteiger partial charge in [0.1, 0.15) is 5.72 Å². The lowest BCUT2D eigenvalue weighted by atomic mass is 10.0. The van der Waals surface area contributed by atoms with Crippen LogP contribution in [0.5, 0.6) is 0 Å². The van der Waals surface area contributed by atoms with Crippen molar-refractivity contribution in [3.05, 3.63) is 59.7 Å². The summed E-state index contributed by atoms with van der Waals surface area (Å²) in [4.78, 5) is 1.22. The first-order valence-corrected chi connectivity index (χ1v) is 11.8. The van der Waals surface area contributed by atoms with E-state index in [2.05, 4.69) is 10.4 Å². The van der Waals surface area contributed by atoms with Crippen molar-refractivity contribution in [3.63, 3.8) is 0 Å². The molecule has 9 heteroatoms. The summed E-state index contributed by atoms with van der Waals surface area (Å²) in [7, 11) is -3.60. The molecule has 0 N–H and O–H groups in total. The van der Waals surface area contributed by atoms with Crippen molar-refractivity contribution in [2.24, 2.45) is 0 Å². The number of sulfonamides is 1. The van der Waals surface area contributed by atoms with Crippen molar-refractivity contribution in [2.75, 3.05) is 26.2 Å². The normalized spacial score (nSPS) is 19.4. The van der Waals surface area contributed by atoms with Crippen LogP contribution in [0.1, 0.15) is 24.0 Å². The van der Waals surface area contributed by atoms with Crippen LogP contribution >= 0.6 is 11.9 Å². The standard InChI is InChI=1S/C21H20N4O3S2/c22-15-17-1-5-19(6-2-17)29-25-13-14-28-21(25)9-11-24(12-10-21)30(26,27)20-7-3-18(16-23)4-8-20/h1-8H,9-14H2. The Morgan fingerprint density at radius 1 is 0.900 bits per heavy atom. The van der Waals surface area contributed by atoms with Gasteiger partial charge in [-0.15, -0.1) is 0 Å². The van der Waals surface area contributed by atoms with Crippen LogP contribution in [0.3, 0.4) is 0 Å². The molecule has 1 spiro atoms. The molecule has 7 nitrogen and oxygen atoms in total. The summed E-state index contributed by atoms with van der Waals surface area (Å²) in [5.74, 6) is 0. The fraction of sp³-hybridized carbons (Fsp3) is 0.333. The van der Waals surface area contributed by atoms with Crippen molar-refractivity contribution < 1.29 is 13.2 Å². The first-order valence-electron chi connectivity index (χ1n) is 9.57. The Morgan fingerprint density at radius 3 is 2.03 bits per heavy atom. The fourth-order valence-corrected chi connectivity index (χ4v) is 6.28. The molecular weight excluding hydrogens is 420 g/mol. The molecule has 2 fully saturated rings. The molecule has 2 saturated heterocycles. The number of nitrogens with zero attached hydrogens (tertiary/aromatic N) is 4. The minimum Gasteiger partial charge on any atom is -0.358 e.